The highest BCUT2D eigenvalue weighted by molar-refractivity contribution is 6.30. The van der Waals surface area contributed by atoms with E-state index < -0.39 is 0 Å². The van der Waals surface area contributed by atoms with Gasteiger partial charge in [-0.1, -0.05) is 17.7 Å². The van der Waals surface area contributed by atoms with E-state index in [1.165, 1.54) is 0 Å². The summed E-state index contributed by atoms with van der Waals surface area (Å²) in [7, 11) is 0. The summed E-state index contributed by atoms with van der Waals surface area (Å²) in [5.74, 6) is -0.0964. The van der Waals surface area contributed by atoms with Gasteiger partial charge in [0.15, 0.2) is 0 Å². The predicted octanol–water partition coefficient (Wildman–Crippen LogP) is 2.77. The number of halogens is 1. The second-order valence-corrected chi connectivity index (χ2v) is 4.86. The Balaban J connectivity index is 1.78. The van der Waals surface area contributed by atoms with Crippen LogP contribution in [0.15, 0.2) is 42.6 Å². The van der Waals surface area contributed by atoms with Crippen molar-refractivity contribution in [1.82, 2.24) is 10.3 Å². The molecule has 0 saturated carbocycles. The van der Waals surface area contributed by atoms with Gasteiger partial charge in [0, 0.05) is 23.5 Å². The lowest BCUT2D eigenvalue weighted by Gasteiger charge is -2.08. The summed E-state index contributed by atoms with van der Waals surface area (Å²) in [5.41, 5.74) is 2.79. The van der Waals surface area contributed by atoms with Crippen molar-refractivity contribution in [2.75, 3.05) is 11.9 Å². The number of nitrogens with zero attached hydrogens (tertiary/aromatic N) is 1. The molecule has 0 spiro atoms. The molecule has 1 aromatic carbocycles. The van der Waals surface area contributed by atoms with Crippen molar-refractivity contribution in [3.63, 3.8) is 0 Å². The Morgan fingerprint density at radius 1 is 1.25 bits per heavy atom. The average molecular weight is 290 g/mol. The fourth-order valence-electron chi connectivity index (χ4n) is 1.74. The lowest BCUT2D eigenvalue weighted by Crippen LogP contribution is -2.28. The smallest absolute Gasteiger partial charge is 0.238 e. The maximum absolute atomic E-state index is 11.7. The van der Waals surface area contributed by atoms with Crippen LogP contribution in [0.1, 0.15) is 11.3 Å². The molecule has 0 radical (unpaired) electrons. The van der Waals surface area contributed by atoms with E-state index in [1.54, 1.807) is 30.5 Å². The Morgan fingerprint density at radius 2 is 2.00 bits per heavy atom. The van der Waals surface area contributed by atoms with E-state index in [4.69, 9.17) is 11.6 Å². The highest BCUT2D eigenvalue weighted by Crippen LogP contribution is 2.13. The SMILES string of the molecule is Cc1cccnc1CNCC(=O)Nc1ccc(Cl)cc1. The molecule has 1 aromatic heterocycles. The van der Waals surface area contributed by atoms with Gasteiger partial charge in [-0.05, 0) is 42.8 Å². The number of rotatable bonds is 5. The van der Waals surface area contributed by atoms with Crippen LogP contribution in [-0.2, 0) is 11.3 Å². The summed E-state index contributed by atoms with van der Waals surface area (Å²) < 4.78 is 0. The molecule has 0 fully saturated rings. The zero-order valence-electron chi connectivity index (χ0n) is 11.2. The number of nitrogens with one attached hydrogen (secondary N) is 2. The van der Waals surface area contributed by atoms with Crippen LogP contribution in [0.4, 0.5) is 5.69 Å². The molecule has 2 N–H and O–H groups in total. The van der Waals surface area contributed by atoms with Crippen LogP contribution in [0.3, 0.4) is 0 Å². The van der Waals surface area contributed by atoms with Crippen molar-refractivity contribution in [2.45, 2.75) is 13.5 Å². The number of aryl methyl sites for hydroxylation is 1. The molecule has 0 atom stereocenters. The van der Waals surface area contributed by atoms with Gasteiger partial charge in [-0.3, -0.25) is 9.78 Å². The minimum atomic E-state index is -0.0964. The van der Waals surface area contributed by atoms with Gasteiger partial charge >= 0.3 is 0 Å². The third-order valence-corrected chi connectivity index (χ3v) is 3.08. The maximum Gasteiger partial charge on any atom is 0.238 e. The lowest BCUT2D eigenvalue weighted by molar-refractivity contribution is -0.115. The Hall–Kier alpha value is -1.91. The van der Waals surface area contributed by atoms with Crippen LogP contribution in [0, 0.1) is 6.92 Å². The third-order valence-electron chi connectivity index (χ3n) is 2.82. The van der Waals surface area contributed by atoms with Crippen molar-refractivity contribution < 1.29 is 4.79 Å². The summed E-state index contributed by atoms with van der Waals surface area (Å²) in [5, 5.41) is 6.51. The van der Waals surface area contributed by atoms with Gasteiger partial charge in [-0.15, -0.1) is 0 Å². The average Bonchev–Trinajstić information content (AvgIpc) is 2.43. The molecule has 0 saturated heterocycles. The van der Waals surface area contributed by atoms with E-state index >= 15 is 0 Å². The highest BCUT2D eigenvalue weighted by atomic mass is 35.5. The standard InChI is InChI=1S/C15H16ClN3O/c1-11-3-2-8-18-14(11)9-17-10-15(20)19-13-6-4-12(16)5-7-13/h2-8,17H,9-10H2,1H3,(H,19,20). The van der Waals surface area contributed by atoms with Gasteiger partial charge in [0.05, 0.1) is 12.2 Å². The Kier molecular flexibility index (Phi) is 5.09. The Bertz CT molecular complexity index is 584. The maximum atomic E-state index is 11.7. The molecule has 5 heteroatoms. The number of pyridine rings is 1. The first-order chi connectivity index (χ1) is 9.65. The second kappa shape index (κ2) is 7.03. The van der Waals surface area contributed by atoms with Crippen LogP contribution in [0.25, 0.3) is 0 Å². The van der Waals surface area contributed by atoms with E-state index in [-0.39, 0.29) is 12.5 Å². The zero-order chi connectivity index (χ0) is 14.4. The number of carbonyl (C=O) groups excluding carboxylic acids is 1. The van der Waals surface area contributed by atoms with Gasteiger partial charge < -0.3 is 10.6 Å². The Morgan fingerprint density at radius 3 is 2.70 bits per heavy atom. The van der Waals surface area contributed by atoms with Crippen LogP contribution in [0.2, 0.25) is 5.02 Å². The number of anilines is 1. The summed E-state index contributed by atoms with van der Waals surface area (Å²) in [6.07, 6.45) is 1.75. The molecule has 2 aromatic rings. The highest BCUT2D eigenvalue weighted by Gasteiger charge is 2.03. The Labute approximate surface area is 123 Å². The van der Waals surface area contributed by atoms with E-state index in [0.717, 1.165) is 16.9 Å². The minimum Gasteiger partial charge on any atom is -0.325 e. The van der Waals surface area contributed by atoms with E-state index in [2.05, 4.69) is 15.6 Å². The molecular formula is C15H16ClN3O. The number of aromatic nitrogens is 1. The first kappa shape index (κ1) is 14.5. The molecule has 0 aliphatic rings. The molecule has 20 heavy (non-hydrogen) atoms. The summed E-state index contributed by atoms with van der Waals surface area (Å²) in [4.78, 5) is 16.0. The van der Waals surface area contributed by atoms with Gasteiger partial charge in [-0.25, -0.2) is 0 Å². The molecule has 1 amide bonds. The van der Waals surface area contributed by atoms with E-state index in [0.29, 0.717) is 11.6 Å². The molecule has 0 unspecified atom stereocenters. The van der Waals surface area contributed by atoms with Crippen molar-refractivity contribution in [3.05, 3.63) is 58.9 Å². The predicted molar refractivity (Wildman–Crippen MR) is 80.8 cm³/mol. The third kappa shape index (κ3) is 4.33. The first-order valence-electron chi connectivity index (χ1n) is 6.32. The van der Waals surface area contributed by atoms with Gasteiger partial charge in [0.2, 0.25) is 5.91 Å². The van der Waals surface area contributed by atoms with Gasteiger partial charge in [-0.2, -0.15) is 0 Å². The summed E-state index contributed by atoms with van der Waals surface area (Å²) in [6.45, 7) is 2.80. The summed E-state index contributed by atoms with van der Waals surface area (Å²) >= 11 is 5.78. The molecule has 0 aliphatic heterocycles. The van der Waals surface area contributed by atoms with Crippen LogP contribution >= 0.6 is 11.6 Å². The quantitative estimate of drug-likeness (QED) is 0.890. The molecular weight excluding hydrogens is 274 g/mol. The molecule has 4 nitrogen and oxygen atoms in total. The van der Waals surface area contributed by atoms with E-state index in [9.17, 15) is 4.79 Å². The lowest BCUT2D eigenvalue weighted by atomic mass is 10.2. The number of hydrogen-bond donors (Lipinski definition) is 2. The van der Waals surface area contributed by atoms with Crippen molar-refractivity contribution in [3.8, 4) is 0 Å². The van der Waals surface area contributed by atoms with Crippen LogP contribution in [-0.4, -0.2) is 17.4 Å². The molecule has 2 rings (SSSR count). The topological polar surface area (TPSA) is 54.0 Å². The first-order valence-corrected chi connectivity index (χ1v) is 6.69. The molecule has 0 bridgehead atoms. The van der Waals surface area contributed by atoms with Gasteiger partial charge in [0.25, 0.3) is 0 Å². The van der Waals surface area contributed by atoms with Crippen molar-refractivity contribution >= 4 is 23.2 Å². The second-order valence-electron chi connectivity index (χ2n) is 4.43. The molecule has 1 heterocycles. The van der Waals surface area contributed by atoms with Crippen molar-refractivity contribution in [2.24, 2.45) is 0 Å². The number of hydrogen-bond acceptors (Lipinski definition) is 3. The van der Waals surface area contributed by atoms with Crippen LogP contribution < -0.4 is 10.6 Å². The van der Waals surface area contributed by atoms with E-state index in [1.807, 2.05) is 19.1 Å². The van der Waals surface area contributed by atoms with Crippen LogP contribution in [0.5, 0.6) is 0 Å². The summed E-state index contributed by atoms with van der Waals surface area (Å²) in [6, 6.07) is 10.9. The minimum absolute atomic E-state index is 0.0964. The van der Waals surface area contributed by atoms with Gasteiger partial charge in [0.1, 0.15) is 0 Å². The number of carbonyl (C=O) groups is 1. The molecule has 0 aliphatic carbocycles. The largest absolute Gasteiger partial charge is 0.325 e. The molecule has 104 valence electrons. The fraction of sp³-hybridized carbons (Fsp3) is 0.200. The number of amides is 1. The number of benzene rings is 1. The van der Waals surface area contributed by atoms with Crippen molar-refractivity contribution in [1.29, 1.82) is 0 Å². The zero-order valence-corrected chi connectivity index (χ0v) is 11.9. The normalized spacial score (nSPS) is 10.3. The fourth-order valence-corrected chi connectivity index (χ4v) is 1.86. The monoisotopic (exact) mass is 289 g/mol.